The predicted molar refractivity (Wildman–Crippen MR) is 90.3 cm³/mol. The van der Waals surface area contributed by atoms with Gasteiger partial charge in [-0.1, -0.05) is 84.9 Å². The summed E-state index contributed by atoms with van der Waals surface area (Å²) in [7, 11) is 0. The van der Waals surface area contributed by atoms with Crippen molar-refractivity contribution in [2.45, 2.75) is 19.3 Å². The molecular weight excluding hydrogens is 252 g/mol. The van der Waals surface area contributed by atoms with E-state index in [1.54, 1.807) is 0 Å². The lowest BCUT2D eigenvalue weighted by Gasteiger charge is -2.05. The second kappa shape index (κ2) is 6.90. The minimum atomic E-state index is 1.14. The van der Waals surface area contributed by atoms with Crippen LogP contribution < -0.4 is 0 Å². The second-order valence-electron chi connectivity index (χ2n) is 5.40. The van der Waals surface area contributed by atoms with Gasteiger partial charge >= 0.3 is 0 Å². The average molecular weight is 272 g/mol. The second-order valence-corrected chi connectivity index (χ2v) is 5.40. The minimum Gasteiger partial charge on any atom is -0.0622 e. The van der Waals surface area contributed by atoms with E-state index in [4.69, 9.17) is 0 Å². The predicted octanol–water partition coefficient (Wildman–Crippen LogP) is 5.53. The molecule has 0 nitrogen and oxygen atoms in total. The maximum absolute atomic E-state index is 2.26. The van der Waals surface area contributed by atoms with Crippen LogP contribution in [0.1, 0.15) is 17.5 Å². The monoisotopic (exact) mass is 272 g/mol. The molecular formula is C21H20. The summed E-state index contributed by atoms with van der Waals surface area (Å²) >= 11 is 0. The summed E-state index contributed by atoms with van der Waals surface area (Å²) in [5, 5.41) is 0. The Morgan fingerprint density at radius 3 is 1.52 bits per heavy atom. The molecule has 0 aliphatic carbocycles. The molecule has 0 unspecified atom stereocenters. The smallest absolute Gasteiger partial charge is 0.0184 e. The summed E-state index contributed by atoms with van der Waals surface area (Å²) in [5.41, 5.74) is 5.43. The van der Waals surface area contributed by atoms with E-state index in [-0.39, 0.29) is 0 Å². The summed E-state index contributed by atoms with van der Waals surface area (Å²) in [6.45, 7) is 0. The van der Waals surface area contributed by atoms with Gasteiger partial charge in [-0.25, -0.2) is 0 Å². The van der Waals surface area contributed by atoms with Crippen molar-refractivity contribution in [3.05, 3.63) is 96.1 Å². The van der Waals surface area contributed by atoms with E-state index in [1.807, 2.05) is 0 Å². The molecule has 0 radical (unpaired) electrons. The van der Waals surface area contributed by atoms with E-state index < -0.39 is 0 Å². The first-order chi connectivity index (χ1) is 10.4. The molecule has 3 aromatic carbocycles. The van der Waals surface area contributed by atoms with Gasteiger partial charge in [0.2, 0.25) is 0 Å². The van der Waals surface area contributed by atoms with Gasteiger partial charge in [0, 0.05) is 0 Å². The summed E-state index contributed by atoms with van der Waals surface area (Å²) in [6, 6.07) is 30.2. The highest BCUT2D eigenvalue weighted by Gasteiger charge is 1.98. The molecule has 0 heterocycles. The number of benzene rings is 3. The van der Waals surface area contributed by atoms with Crippen LogP contribution in [0.5, 0.6) is 0 Å². The van der Waals surface area contributed by atoms with Gasteiger partial charge in [-0.05, 0) is 41.5 Å². The van der Waals surface area contributed by atoms with Gasteiger partial charge in [0.05, 0.1) is 0 Å². The lowest BCUT2D eigenvalue weighted by molar-refractivity contribution is 0.821. The third-order valence-electron chi connectivity index (χ3n) is 3.83. The highest BCUT2D eigenvalue weighted by Crippen LogP contribution is 2.20. The van der Waals surface area contributed by atoms with Gasteiger partial charge in [-0.15, -0.1) is 0 Å². The van der Waals surface area contributed by atoms with Crippen molar-refractivity contribution in [1.82, 2.24) is 0 Å². The average Bonchev–Trinajstić information content (AvgIpc) is 2.57. The number of rotatable bonds is 5. The van der Waals surface area contributed by atoms with E-state index >= 15 is 0 Å². The Bertz CT molecular complexity index is 651. The van der Waals surface area contributed by atoms with Crippen LogP contribution in [-0.4, -0.2) is 0 Å². The van der Waals surface area contributed by atoms with Crippen LogP contribution in [0.3, 0.4) is 0 Å². The van der Waals surface area contributed by atoms with Crippen molar-refractivity contribution in [3.8, 4) is 11.1 Å². The van der Waals surface area contributed by atoms with E-state index in [2.05, 4.69) is 84.9 Å². The lowest BCUT2D eigenvalue weighted by Crippen LogP contribution is -1.90. The molecule has 0 amide bonds. The SMILES string of the molecule is c1ccc(CCCc2ccc(-c3ccccc3)cc2)cc1. The van der Waals surface area contributed by atoms with Gasteiger partial charge in [-0.2, -0.15) is 0 Å². The molecule has 3 aromatic rings. The van der Waals surface area contributed by atoms with E-state index in [9.17, 15) is 0 Å². The number of hydrogen-bond acceptors (Lipinski definition) is 0. The van der Waals surface area contributed by atoms with Gasteiger partial charge in [0.1, 0.15) is 0 Å². The molecule has 0 fully saturated rings. The third kappa shape index (κ3) is 3.82. The van der Waals surface area contributed by atoms with Gasteiger partial charge in [-0.3, -0.25) is 0 Å². The fraction of sp³-hybridized carbons (Fsp3) is 0.143. The van der Waals surface area contributed by atoms with Crippen LogP contribution in [0.2, 0.25) is 0 Å². The zero-order valence-corrected chi connectivity index (χ0v) is 12.2. The Balaban J connectivity index is 1.58. The van der Waals surface area contributed by atoms with Gasteiger partial charge in [0.15, 0.2) is 0 Å². The summed E-state index contributed by atoms with van der Waals surface area (Å²) in [6.07, 6.45) is 3.50. The van der Waals surface area contributed by atoms with Crippen LogP contribution in [-0.2, 0) is 12.8 Å². The summed E-state index contributed by atoms with van der Waals surface area (Å²) in [4.78, 5) is 0. The van der Waals surface area contributed by atoms with E-state index in [0.717, 1.165) is 12.8 Å². The van der Waals surface area contributed by atoms with Gasteiger partial charge in [0.25, 0.3) is 0 Å². The molecule has 0 aliphatic heterocycles. The lowest BCUT2D eigenvalue weighted by atomic mass is 10.0. The van der Waals surface area contributed by atoms with Crippen molar-refractivity contribution in [2.75, 3.05) is 0 Å². The van der Waals surface area contributed by atoms with Crippen molar-refractivity contribution in [2.24, 2.45) is 0 Å². The van der Waals surface area contributed by atoms with Crippen LogP contribution in [0.15, 0.2) is 84.9 Å². The molecule has 21 heavy (non-hydrogen) atoms. The minimum absolute atomic E-state index is 1.14. The highest BCUT2D eigenvalue weighted by molar-refractivity contribution is 5.63. The first-order valence-electron chi connectivity index (χ1n) is 7.60. The molecule has 0 saturated heterocycles. The molecule has 0 spiro atoms. The molecule has 0 bridgehead atoms. The summed E-state index contributed by atoms with van der Waals surface area (Å²) < 4.78 is 0. The Labute approximate surface area is 127 Å². The molecule has 104 valence electrons. The van der Waals surface area contributed by atoms with Crippen molar-refractivity contribution < 1.29 is 0 Å². The quantitative estimate of drug-likeness (QED) is 0.573. The van der Waals surface area contributed by atoms with E-state index in [1.165, 1.54) is 28.7 Å². The Morgan fingerprint density at radius 1 is 0.429 bits per heavy atom. The molecule has 3 rings (SSSR count). The van der Waals surface area contributed by atoms with Gasteiger partial charge < -0.3 is 0 Å². The van der Waals surface area contributed by atoms with Crippen molar-refractivity contribution >= 4 is 0 Å². The Hall–Kier alpha value is -2.34. The first-order valence-corrected chi connectivity index (χ1v) is 7.60. The molecule has 0 atom stereocenters. The molecule has 0 aromatic heterocycles. The molecule has 0 heteroatoms. The zero-order chi connectivity index (χ0) is 14.3. The van der Waals surface area contributed by atoms with Crippen LogP contribution in [0.4, 0.5) is 0 Å². The van der Waals surface area contributed by atoms with Crippen molar-refractivity contribution in [3.63, 3.8) is 0 Å². The van der Waals surface area contributed by atoms with Crippen LogP contribution in [0.25, 0.3) is 11.1 Å². The summed E-state index contributed by atoms with van der Waals surface area (Å²) in [5.74, 6) is 0. The first kappa shape index (κ1) is 13.6. The number of hydrogen-bond donors (Lipinski definition) is 0. The highest BCUT2D eigenvalue weighted by atomic mass is 14.0. The normalized spacial score (nSPS) is 10.5. The largest absolute Gasteiger partial charge is 0.0622 e. The topological polar surface area (TPSA) is 0 Å². The fourth-order valence-electron chi connectivity index (χ4n) is 2.64. The Kier molecular flexibility index (Phi) is 4.48. The maximum atomic E-state index is 2.26. The zero-order valence-electron chi connectivity index (χ0n) is 12.2. The third-order valence-corrected chi connectivity index (χ3v) is 3.83. The maximum Gasteiger partial charge on any atom is -0.0184 e. The Morgan fingerprint density at radius 2 is 0.905 bits per heavy atom. The molecule has 0 N–H and O–H groups in total. The van der Waals surface area contributed by atoms with Crippen LogP contribution in [0, 0.1) is 0 Å². The van der Waals surface area contributed by atoms with Crippen molar-refractivity contribution in [1.29, 1.82) is 0 Å². The molecule has 0 aliphatic rings. The number of aryl methyl sites for hydroxylation is 2. The van der Waals surface area contributed by atoms with E-state index in [0.29, 0.717) is 0 Å². The van der Waals surface area contributed by atoms with Crippen LogP contribution >= 0.6 is 0 Å². The molecule has 0 saturated carbocycles. The fourth-order valence-corrected chi connectivity index (χ4v) is 2.64. The standard InChI is InChI=1S/C21H20/c1-3-8-18(9-4-1)10-7-11-19-14-16-21(17-15-19)20-12-5-2-6-13-20/h1-6,8-9,12-17H,7,10-11H2.